The molecule has 1 saturated carbocycles. The predicted molar refractivity (Wildman–Crippen MR) is 194 cm³/mol. The first-order valence-electron chi connectivity index (χ1n) is 18.2. The van der Waals surface area contributed by atoms with Crippen LogP contribution >= 0.6 is 0 Å². The minimum Gasteiger partial charge on any atom is -0.449 e. The van der Waals surface area contributed by atoms with Crippen molar-refractivity contribution < 1.29 is 33.1 Å². The fraction of sp³-hybridized carbons (Fsp3) is 0.425. The van der Waals surface area contributed by atoms with E-state index in [9.17, 15) is 19.2 Å². The maximum Gasteiger partial charge on any atom is 0.407 e. The highest BCUT2D eigenvalue weighted by Gasteiger charge is 2.43. The molecule has 3 aromatic carbocycles. The number of hydrogen-bond donors (Lipinski definition) is 3. The molecule has 2 aliphatic rings. The number of ether oxygens (including phenoxy) is 2. The second-order valence-corrected chi connectivity index (χ2v) is 13.6. The van der Waals surface area contributed by atoms with E-state index in [2.05, 4.69) is 15.6 Å². The molecule has 3 amide bonds. The number of nitrogens with one attached hydrogen (secondary N) is 2. The molecule has 2 fully saturated rings. The van der Waals surface area contributed by atoms with E-state index < -0.39 is 47.9 Å². The zero-order chi connectivity index (χ0) is 36.3. The van der Waals surface area contributed by atoms with Crippen molar-refractivity contribution in [2.45, 2.75) is 82.2 Å². The Morgan fingerprint density at radius 1 is 0.865 bits per heavy atom. The third-order valence-electron chi connectivity index (χ3n) is 9.56. The quantitative estimate of drug-likeness (QED) is 0.0958. The Balaban J connectivity index is 1.22. The summed E-state index contributed by atoms with van der Waals surface area (Å²) in [5.41, 5.74) is 8.72. The Morgan fingerprint density at radius 2 is 1.58 bits per heavy atom. The first kappa shape index (κ1) is 36.7. The lowest BCUT2D eigenvalue weighted by atomic mass is 10.0. The van der Waals surface area contributed by atoms with Gasteiger partial charge in [-0.25, -0.2) is 9.78 Å². The number of Topliss-reactive ketones (excluding diaryl/α,β-unsaturated/α-hetero) is 1. The first-order valence-corrected chi connectivity index (χ1v) is 18.2. The van der Waals surface area contributed by atoms with Crippen molar-refractivity contribution in [2.24, 2.45) is 11.7 Å². The van der Waals surface area contributed by atoms with Gasteiger partial charge in [0.2, 0.25) is 17.6 Å². The van der Waals surface area contributed by atoms with Crippen molar-refractivity contribution in [1.82, 2.24) is 20.5 Å². The highest BCUT2D eigenvalue weighted by atomic mass is 16.5. The topological polar surface area (TPSA) is 166 Å². The number of nitrogens with zero attached hydrogens (tertiary/aromatic N) is 2. The number of amides is 3. The second kappa shape index (κ2) is 17.9. The first-order chi connectivity index (χ1) is 25.4. The van der Waals surface area contributed by atoms with E-state index in [1.54, 1.807) is 24.3 Å². The molecular formula is C40H47N5O7. The molecule has 12 heteroatoms. The predicted octanol–water partition coefficient (Wildman–Crippen LogP) is 4.95. The van der Waals surface area contributed by atoms with Crippen molar-refractivity contribution in [3.63, 3.8) is 0 Å². The van der Waals surface area contributed by atoms with Crippen molar-refractivity contribution in [3.8, 4) is 0 Å². The molecule has 0 bridgehead atoms. The molecule has 4 aromatic rings. The highest BCUT2D eigenvalue weighted by Crippen LogP contribution is 2.29. The Kier molecular flexibility index (Phi) is 12.7. The highest BCUT2D eigenvalue weighted by molar-refractivity contribution is 6.01. The second-order valence-electron chi connectivity index (χ2n) is 13.6. The summed E-state index contributed by atoms with van der Waals surface area (Å²) in [4.78, 5) is 61.3. The lowest BCUT2D eigenvalue weighted by molar-refractivity contribution is -0.140. The average Bonchev–Trinajstić information content (AvgIpc) is 3.74. The van der Waals surface area contributed by atoms with Gasteiger partial charge in [0.1, 0.15) is 17.6 Å². The van der Waals surface area contributed by atoms with Crippen LogP contribution in [0.25, 0.3) is 11.1 Å². The van der Waals surface area contributed by atoms with Crippen LogP contribution in [0, 0.1) is 5.92 Å². The van der Waals surface area contributed by atoms with Gasteiger partial charge in [0.25, 0.3) is 5.89 Å². The summed E-state index contributed by atoms with van der Waals surface area (Å²) in [6.07, 6.45) is 3.44. The van der Waals surface area contributed by atoms with Crippen LogP contribution in [0.2, 0.25) is 0 Å². The van der Waals surface area contributed by atoms with Gasteiger partial charge in [-0.2, -0.15) is 0 Å². The smallest absolute Gasteiger partial charge is 0.407 e. The zero-order valence-electron chi connectivity index (χ0n) is 29.3. The van der Waals surface area contributed by atoms with Crippen LogP contribution in [0.15, 0.2) is 89.3 Å². The standard InChI is InChI=1S/C40H47N5O7/c41-22-10-9-16-32(36(46)38-43-31-15-7-8-17-35(31)52-38)42-37(47)34-23-30(50-25-28-13-5-2-6-14-28)24-45(34)39(48)33(21-20-27-11-3-1-4-12-27)44-40(49)51-26-29-18-19-29/h1-8,11-15,17,29-30,32-34H,9-10,16,18-26,41H2,(H,42,47)(H,44,49)/t30-,32+,33-,34+/m1/s1. The van der Waals surface area contributed by atoms with Crippen molar-refractivity contribution in [2.75, 3.05) is 19.7 Å². The largest absolute Gasteiger partial charge is 0.449 e. The van der Waals surface area contributed by atoms with E-state index >= 15 is 0 Å². The van der Waals surface area contributed by atoms with Gasteiger partial charge in [0.05, 0.1) is 25.4 Å². The Bertz CT molecular complexity index is 1760. The number of ketones is 1. The maximum absolute atomic E-state index is 14.5. The summed E-state index contributed by atoms with van der Waals surface area (Å²) in [6.45, 7) is 1.16. The molecule has 6 rings (SSSR count). The number of oxazole rings is 1. The van der Waals surface area contributed by atoms with Gasteiger partial charge < -0.3 is 35.2 Å². The molecule has 4 atom stereocenters. The molecule has 2 heterocycles. The van der Waals surface area contributed by atoms with E-state index in [0.717, 1.165) is 24.0 Å². The number of likely N-dealkylation sites (tertiary alicyclic amines) is 1. The van der Waals surface area contributed by atoms with Crippen LogP contribution < -0.4 is 16.4 Å². The van der Waals surface area contributed by atoms with Gasteiger partial charge in [-0.3, -0.25) is 14.4 Å². The van der Waals surface area contributed by atoms with Crippen LogP contribution in [0.3, 0.4) is 0 Å². The number of unbranched alkanes of at least 4 members (excludes halogenated alkanes) is 1. The normalized spacial score (nSPS) is 18.1. The fourth-order valence-corrected chi connectivity index (χ4v) is 6.43. The summed E-state index contributed by atoms with van der Waals surface area (Å²) in [6, 6.07) is 23.5. The van der Waals surface area contributed by atoms with Crippen LogP contribution in [0.1, 0.15) is 66.8 Å². The average molecular weight is 710 g/mol. The molecule has 52 heavy (non-hydrogen) atoms. The third kappa shape index (κ3) is 10.0. The molecule has 1 aromatic heterocycles. The fourth-order valence-electron chi connectivity index (χ4n) is 6.43. The number of hydrogen-bond acceptors (Lipinski definition) is 9. The van der Waals surface area contributed by atoms with Gasteiger partial charge in [0.15, 0.2) is 5.58 Å². The third-order valence-corrected chi connectivity index (χ3v) is 9.56. The number of aryl methyl sites for hydroxylation is 1. The number of aromatic nitrogens is 1. The molecule has 1 aliphatic carbocycles. The van der Waals surface area contributed by atoms with E-state index in [0.29, 0.717) is 68.9 Å². The Hall–Kier alpha value is -5.07. The number of carbonyl (C=O) groups is 4. The van der Waals surface area contributed by atoms with Gasteiger partial charge >= 0.3 is 6.09 Å². The number of carbonyl (C=O) groups excluding carboxylic acids is 4. The van der Waals surface area contributed by atoms with Crippen LogP contribution in [0.5, 0.6) is 0 Å². The Labute approximate surface area is 303 Å². The SMILES string of the molecule is NCCCC[C@H](NC(=O)[C@@H]1C[C@@H](OCc2ccccc2)CN1C(=O)[C@@H](CCc1ccccc1)NC(=O)OCC1CC1)C(=O)c1nc2ccccc2o1. The lowest BCUT2D eigenvalue weighted by Crippen LogP contribution is -2.55. The van der Waals surface area contributed by atoms with Crippen molar-refractivity contribution in [3.05, 3.63) is 102 Å². The van der Waals surface area contributed by atoms with E-state index in [1.807, 2.05) is 60.7 Å². The molecular weight excluding hydrogens is 662 g/mol. The number of alkyl carbamates (subject to hydrolysis) is 1. The lowest BCUT2D eigenvalue weighted by Gasteiger charge is -2.29. The molecule has 0 unspecified atom stereocenters. The molecule has 4 N–H and O–H groups in total. The number of nitrogens with two attached hydrogens (primary N) is 1. The number of benzene rings is 3. The summed E-state index contributed by atoms with van der Waals surface area (Å²) in [5.74, 6) is -1.13. The molecule has 1 saturated heterocycles. The number of para-hydroxylation sites is 2. The maximum atomic E-state index is 14.5. The Morgan fingerprint density at radius 3 is 2.29 bits per heavy atom. The zero-order valence-corrected chi connectivity index (χ0v) is 29.3. The van der Waals surface area contributed by atoms with E-state index in [-0.39, 0.29) is 18.9 Å². The number of rotatable bonds is 18. The molecule has 274 valence electrons. The van der Waals surface area contributed by atoms with Crippen LogP contribution in [-0.4, -0.2) is 77.5 Å². The number of fused-ring (bicyclic) bond motifs is 1. The van der Waals surface area contributed by atoms with Crippen molar-refractivity contribution >= 4 is 34.8 Å². The minimum absolute atomic E-state index is 0.0995. The van der Waals surface area contributed by atoms with Gasteiger partial charge in [0, 0.05) is 13.0 Å². The van der Waals surface area contributed by atoms with Crippen LogP contribution in [-0.2, 0) is 32.1 Å². The summed E-state index contributed by atoms with van der Waals surface area (Å²) in [5, 5.41) is 5.72. The van der Waals surface area contributed by atoms with Crippen LogP contribution in [0.4, 0.5) is 4.79 Å². The summed E-state index contributed by atoms with van der Waals surface area (Å²) < 4.78 is 17.5. The monoisotopic (exact) mass is 709 g/mol. The molecule has 0 spiro atoms. The van der Waals surface area contributed by atoms with Gasteiger partial charge in [-0.15, -0.1) is 0 Å². The molecule has 1 aliphatic heterocycles. The van der Waals surface area contributed by atoms with Gasteiger partial charge in [-0.05, 0) is 80.7 Å². The van der Waals surface area contributed by atoms with E-state index in [4.69, 9.17) is 19.6 Å². The summed E-state index contributed by atoms with van der Waals surface area (Å²) >= 11 is 0. The van der Waals surface area contributed by atoms with E-state index in [1.165, 1.54) is 4.90 Å². The molecule has 12 nitrogen and oxygen atoms in total. The van der Waals surface area contributed by atoms with Crippen molar-refractivity contribution in [1.29, 1.82) is 0 Å². The van der Waals surface area contributed by atoms with Gasteiger partial charge in [-0.1, -0.05) is 72.8 Å². The molecule has 0 radical (unpaired) electrons. The summed E-state index contributed by atoms with van der Waals surface area (Å²) in [7, 11) is 0. The minimum atomic E-state index is -0.967.